The number of carbonyl (C=O) groups excluding carboxylic acids is 2. The molecule has 162 valence electrons. The maximum absolute atomic E-state index is 14.0. The van der Waals surface area contributed by atoms with E-state index in [4.69, 9.17) is 9.15 Å². The van der Waals surface area contributed by atoms with Crippen molar-refractivity contribution in [2.75, 3.05) is 5.32 Å². The maximum atomic E-state index is 14.0. The normalized spacial score (nSPS) is 11.8. The summed E-state index contributed by atoms with van der Waals surface area (Å²) in [6.45, 7) is 1.76. The number of rotatable bonds is 7. The van der Waals surface area contributed by atoms with Crippen LogP contribution >= 0.6 is 15.9 Å². The standard InChI is InChI=1S/C25H19BrFNO4/c1-2-19(31-21-10-6-4-8-18(21)27)25(30)28-22-17-7-3-5-9-20(17)32-24(22)23(29)15-11-13-16(26)14-12-15/h3-14,19H,2H2,1H3,(H,28,30). The summed E-state index contributed by atoms with van der Waals surface area (Å²) in [6, 6.07) is 19.8. The predicted octanol–water partition coefficient (Wildman–Crippen LogP) is 6.36. The van der Waals surface area contributed by atoms with E-state index in [0.29, 0.717) is 23.0 Å². The number of benzene rings is 3. The molecule has 0 aliphatic rings. The molecule has 0 saturated heterocycles. The summed E-state index contributed by atoms with van der Waals surface area (Å²) in [5, 5.41) is 3.36. The van der Waals surface area contributed by atoms with Crippen LogP contribution in [0.3, 0.4) is 0 Å². The summed E-state index contributed by atoms with van der Waals surface area (Å²) in [5.74, 6) is -1.43. The molecule has 3 aromatic carbocycles. The van der Waals surface area contributed by atoms with E-state index in [1.165, 1.54) is 12.1 Å². The van der Waals surface area contributed by atoms with Crippen molar-refractivity contribution in [3.63, 3.8) is 0 Å². The highest BCUT2D eigenvalue weighted by atomic mass is 79.9. The van der Waals surface area contributed by atoms with Crippen LogP contribution in [0.1, 0.15) is 29.5 Å². The lowest BCUT2D eigenvalue weighted by Crippen LogP contribution is -2.33. The van der Waals surface area contributed by atoms with Crippen molar-refractivity contribution in [3.05, 3.63) is 94.4 Å². The van der Waals surface area contributed by atoms with Gasteiger partial charge in [0.05, 0.1) is 5.69 Å². The summed E-state index contributed by atoms with van der Waals surface area (Å²) in [6.07, 6.45) is -0.664. The Kier molecular flexibility index (Phi) is 6.37. The lowest BCUT2D eigenvalue weighted by atomic mass is 10.1. The quantitative estimate of drug-likeness (QED) is 0.303. The van der Waals surface area contributed by atoms with Crippen LogP contribution < -0.4 is 10.1 Å². The van der Waals surface area contributed by atoms with Gasteiger partial charge in [-0.1, -0.05) is 47.1 Å². The van der Waals surface area contributed by atoms with Gasteiger partial charge in [0, 0.05) is 15.4 Å². The molecular formula is C25H19BrFNO4. The Labute approximate surface area is 192 Å². The fraction of sp³-hybridized carbons (Fsp3) is 0.120. The number of ketones is 1. The molecule has 1 amide bonds. The molecule has 4 aromatic rings. The molecule has 1 heterocycles. The minimum atomic E-state index is -0.962. The summed E-state index contributed by atoms with van der Waals surface area (Å²) in [5.41, 5.74) is 1.14. The van der Waals surface area contributed by atoms with E-state index in [2.05, 4.69) is 21.2 Å². The third-order valence-electron chi connectivity index (χ3n) is 4.93. The Hall–Kier alpha value is -3.45. The Morgan fingerprint density at radius 3 is 2.44 bits per heavy atom. The Morgan fingerprint density at radius 2 is 1.72 bits per heavy atom. The van der Waals surface area contributed by atoms with Crippen molar-refractivity contribution in [1.82, 2.24) is 0 Å². The number of fused-ring (bicyclic) bond motifs is 1. The number of hydrogen-bond acceptors (Lipinski definition) is 4. The van der Waals surface area contributed by atoms with E-state index in [1.54, 1.807) is 67.6 Å². The summed E-state index contributed by atoms with van der Waals surface area (Å²) >= 11 is 3.35. The number of para-hydroxylation sites is 2. The van der Waals surface area contributed by atoms with Gasteiger partial charge in [-0.3, -0.25) is 9.59 Å². The molecule has 4 rings (SSSR count). The highest BCUT2D eigenvalue weighted by Gasteiger charge is 2.27. The van der Waals surface area contributed by atoms with Gasteiger partial charge in [-0.15, -0.1) is 0 Å². The first-order valence-electron chi connectivity index (χ1n) is 10.0. The minimum Gasteiger partial charge on any atom is -0.478 e. The molecule has 0 aliphatic carbocycles. The van der Waals surface area contributed by atoms with Gasteiger partial charge in [-0.25, -0.2) is 4.39 Å². The Balaban J connectivity index is 1.67. The zero-order chi connectivity index (χ0) is 22.7. The van der Waals surface area contributed by atoms with Crippen molar-refractivity contribution >= 4 is 44.3 Å². The predicted molar refractivity (Wildman–Crippen MR) is 124 cm³/mol. The first-order chi connectivity index (χ1) is 15.5. The molecule has 1 aromatic heterocycles. The van der Waals surface area contributed by atoms with Gasteiger partial charge in [0.25, 0.3) is 5.91 Å². The summed E-state index contributed by atoms with van der Waals surface area (Å²) in [4.78, 5) is 26.2. The second-order valence-corrected chi connectivity index (χ2v) is 7.99. The second-order valence-electron chi connectivity index (χ2n) is 7.07. The lowest BCUT2D eigenvalue weighted by molar-refractivity contribution is -0.122. The molecule has 32 heavy (non-hydrogen) atoms. The monoisotopic (exact) mass is 495 g/mol. The fourth-order valence-electron chi connectivity index (χ4n) is 3.28. The van der Waals surface area contributed by atoms with Crippen LogP contribution in [0.2, 0.25) is 0 Å². The first kappa shape index (κ1) is 21.8. The molecule has 5 nitrogen and oxygen atoms in total. The minimum absolute atomic E-state index is 0.0160. The van der Waals surface area contributed by atoms with Crippen LogP contribution in [0, 0.1) is 5.82 Å². The lowest BCUT2D eigenvalue weighted by Gasteiger charge is -2.17. The molecule has 0 aliphatic heterocycles. The van der Waals surface area contributed by atoms with E-state index < -0.39 is 17.8 Å². The SMILES string of the molecule is CCC(Oc1ccccc1F)C(=O)Nc1c(C(=O)c2ccc(Br)cc2)oc2ccccc12. The average molecular weight is 496 g/mol. The third-order valence-corrected chi connectivity index (χ3v) is 5.45. The smallest absolute Gasteiger partial charge is 0.265 e. The number of hydrogen-bond donors (Lipinski definition) is 1. The number of nitrogens with one attached hydrogen (secondary N) is 1. The van der Waals surface area contributed by atoms with Crippen molar-refractivity contribution in [1.29, 1.82) is 0 Å². The van der Waals surface area contributed by atoms with Crippen LogP contribution in [0.25, 0.3) is 11.0 Å². The molecule has 0 fully saturated rings. The van der Waals surface area contributed by atoms with Crippen molar-refractivity contribution in [3.8, 4) is 5.75 Å². The van der Waals surface area contributed by atoms with Crippen molar-refractivity contribution in [2.24, 2.45) is 0 Å². The number of halogens is 2. The Bertz CT molecular complexity index is 1280. The summed E-state index contributed by atoms with van der Waals surface area (Å²) < 4.78 is 26.3. The molecule has 0 spiro atoms. The van der Waals surface area contributed by atoms with Gasteiger partial charge in [0.15, 0.2) is 23.4 Å². The number of amides is 1. The highest BCUT2D eigenvalue weighted by Crippen LogP contribution is 2.33. The van der Waals surface area contributed by atoms with E-state index >= 15 is 0 Å². The largest absolute Gasteiger partial charge is 0.478 e. The topological polar surface area (TPSA) is 68.5 Å². The number of anilines is 1. The molecule has 1 unspecified atom stereocenters. The van der Waals surface area contributed by atoms with E-state index in [0.717, 1.165) is 4.47 Å². The van der Waals surface area contributed by atoms with Gasteiger partial charge in [0.1, 0.15) is 5.58 Å². The van der Waals surface area contributed by atoms with E-state index in [9.17, 15) is 14.0 Å². The number of carbonyl (C=O) groups is 2. The van der Waals surface area contributed by atoms with Gasteiger partial charge in [-0.05, 0) is 55.0 Å². The van der Waals surface area contributed by atoms with Gasteiger partial charge in [0.2, 0.25) is 5.78 Å². The highest BCUT2D eigenvalue weighted by molar-refractivity contribution is 9.10. The molecule has 0 radical (unpaired) electrons. The fourth-order valence-corrected chi connectivity index (χ4v) is 3.55. The third kappa shape index (κ3) is 4.43. The molecular weight excluding hydrogens is 477 g/mol. The maximum Gasteiger partial charge on any atom is 0.265 e. The van der Waals surface area contributed by atoms with Crippen LogP contribution in [0.4, 0.5) is 10.1 Å². The first-order valence-corrected chi connectivity index (χ1v) is 10.8. The van der Waals surface area contributed by atoms with Gasteiger partial charge >= 0.3 is 0 Å². The Morgan fingerprint density at radius 1 is 1.03 bits per heavy atom. The second kappa shape index (κ2) is 9.36. The van der Waals surface area contributed by atoms with Crippen LogP contribution in [-0.4, -0.2) is 17.8 Å². The van der Waals surface area contributed by atoms with Crippen molar-refractivity contribution < 1.29 is 23.1 Å². The van der Waals surface area contributed by atoms with Gasteiger partial charge < -0.3 is 14.5 Å². The van der Waals surface area contributed by atoms with Crippen LogP contribution in [-0.2, 0) is 4.79 Å². The zero-order valence-electron chi connectivity index (χ0n) is 17.1. The molecule has 1 atom stereocenters. The molecule has 0 saturated carbocycles. The number of ether oxygens (including phenoxy) is 1. The zero-order valence-corrected chi connectivity index (χ0v) is 18.7. The van der Waals surface area contributed by atoms with Crippen LogP contribution in [0.15, 0.2) is 81.7 Å². The van der Waals surface area contributed by atoms with Crippen molar-refractivity contribution in [2.45, 2.75) is 19.4 Å². The van der Waals surface area contributed by atoms with E-state index in [-0.39, 0.29) is 23.0 Å². The average Bonchev–Trinajstić information content (AvgIpc) is 3.17. The molecule has 0 bridgehead atoms. The number of furan rings is 1. The molecule has 7 heteroatoms. The van der Waals surface area contributed by atoms with E-state index in [1.807, 2.05) is 0 Å². The van der Waals surface area contributed by atoms with Crippen LogP contribution in [0.5, 0.6) is 5.75 Å². The van der Waals surface area contributed by atoms with Gasteiger partial charge in [-0.2, -0.15) is 0 Å². The summed E-state index contributed by atoms with van der Waals surface area (Å²) in [7, 11) is 0. The molecule has 1 N–H and O–H groups in total.